The second-order valence-corrected chi connectivity index (χ2v) is 5.52. The number of nitrogens with one attached hydrogen (secondary N) is 1. The van der Waals surface area contributed by atoms with Gasteiger partial charge in [-0.15, -0.1) is 0 Å². The van der Waals surface area contributed by atoms with Crippen molar-refractivity contribution in [2.24, 2.45) is 0 Å². The van der Waals surface area contributed by atoms with Gasteiger partial charge in [0.05, 0.1) is 6.10 Å². The van der Waals surface area contributed by atoms with E-state index in [-0.39, 0.29) is 12.0 Å². The second kappa shape index (κ2) is 8.99. The molecule has 0 saturated carbocycles. The minimum Gasteiger partial charge on any atom is -0.379 e. The van der Waals surface area contributed by atoms with Gasteiger partial charge in [-0.3, -0.25) is 4.79 Å². The molecule has 1 aromatic carbocycles. The van der Waals surface area contributed by atoms with Crippen molar-refractivity contribution in [3.8, 4) is 0 Å². The summed E-state index contributed by atoms with van der Waals surface area (Å²) in [5.74, 6) is 0.967. The molecule has 3 nitrogen and oxygen atoms in total. The zero-order valence-electron chi connectivity index (χ0n) is 11.9. The van der Waals surface area contributed by atoms with Gasteiger partial charge in [0.25, 0.3) is 5.91 Å². The fraction of sp³-hybridized carbons (Fsp3) is 0.533. The zero-order valence-corrected chi connectivity index (χ0v) is 12.8. The largest absolute Gasteiger partial charge is 0.379 e. The molecule has 19 heavy (non-hydrogen) atoms. The van der Waals surface area contributed by atoms with Crippen LogP contribution in [0.25, 0.3) is 0 Å². The predicted molar refractivity (Wildman–Crippen MR) is 81.7 cm³/mol. The van der Waals surface area contributed by atoms with Crippen molar-refractivity contribution in [2.45, 2.75) is 32.1 Å². The lowest BCUT2D eigenvalue weighted by molar-refractivity contribution is 0.0757. The molecule has 106 valence electrons. The van der Waals surface area contributed by atoms with E-state index < -0.39 is 0 Å². The van der Waals surface area contributed by atoms with Gasteiger partial charge in [-0.1, -0.05) is 12.1 Å². The van der Waals surface area contributed by atoms with Crippen molar-refractivity contribution in [3.63, 3.8) is 0 Å². The van der Waals surface area contributed by atoms with E-state index in [9.17, 15) is 4.79 Å². The van der Waals surface area contributed by atoms with Crippen molar-refractivity contribution in [1.82, 2.24) is 5.32 Å². The smallest absolute Gasteiger partial charge is 0.251 e. The number of hydrogen-bond donors (Lipinski definition) is 1. The summed E-state index contributed by atoms with van der Waals surface area (Å²) in [6.07, 6.45) is 3.16. The molecule has 0 atom stereocenters. The molecular formula is C15H23NO2S. The van der Waals surface area contributed by atoms with Gasteiger partial charge < -0.3 is 10.1 Å². The third kappa shape index (κ3) is 6.64. The first-order chi connectivity index (χ1) is 9.13. The second-order valence-electron chi connectivity index (χ2n) is 4.66. The molecule has 0 aliphatic heterocycles. The van der Waals surface area contributed by atoms with Crippen LogP contribution in [-0.2, 0) is 10.5 Å². The SMILES string of the molecule is CSCc1ccc(C(=O)NCCCOC(C)C)cc1. The summed E-state index contributed by atoms with van der Waals surface area (Å²) in [7, 11) is 0. The molecule has 0 bridgehead atoms. The number of ether oxygens (including phenoxy) is 1. The minimum absolute atomic E-state index is 0.0137. The van der Waals surface area contributed by atoms with Crippen LogP contribution < -0.4 is 5.32 Å². The molecule has 0 radical (unpaired) electrons. The van der Waals surface area contributed by atoms with Gasteiger partial charge in [-0.05, 0) is 44.2 Å². The lowest BCUT2D eigenvalue weighted by Gasteiger charge is -2.08. The van der Waals surface area contributed by atoms with Crippen molar-refractivity contribution >= 4 is 17.7 Å². The molecule has 0 fully saturated rings. The number of rotatable bonds is 8. The topological polar surface area (TPSA) is 38.3 Å². The van der Waals surface area contributed by atoms with Gasteiger partial charge in [0, 0.05) is 24.5 Å². The molecule has 0 spiro atoms. The fourth-order valence-corrected chi connectivity index (χ4v) is 2.14. The van der Waals surface area contributed by atoms with Crippen molar-refractivity contribution in [1.29, 1.82) is 0 Å². The van der Waals surface area contributed by atoms with E-state index in [1.54, 1.807) is 11.8 Å². The van der Waals surface area contributed by atoms with Crippen LogP contribution in [0.2, 0.25) is 0 Å². The van der Waals surface area contributed by atoms with E-state index in [0.717, 1.165) is 17.7 Å². The van der Waals surface area contributed by atoms with E-state index in [2.05, 4.69) is 11.6 Å². The van der Waals surface area contributed by atoms with Crippen molar-refractivity contribution in [2.75, 3.05) is 19.4 Å². The summed E-state index contributed by atoms with van der Waals surface area (Å²) < 4.78 is 5.42. The first-order valence-electron chi connectivity index (χ1n) is 6.61. The van der Waals surface area contributed by atoms with Gasteiger partial charge >= 0.3 is 0 Å². The first kappa shape index (κ1) is 16.1. The Morgan fingerprint density at radius 1 is 1.32 bits per heavy atom. The lowest BCUT2D eigenvalue weighted by atomic mass is 10.1. The Kier molecular flexibility index (Phi) is 7.60. The van der Waals surface area contributed by atoms with E-state index >= 15 is 0 Å². The maximum Gasteiger partial charge on any atom is 0.251 e. The average molecular weight is 281 g/mol. The third-order valence-corrected chi connectivity index (χ3v) is 3.21. The molecule has 1 N–H and O–H groups in total. The molecule has 0 unspecified atom stereocenters. The predicted octanol–water partition coefficient (Wildman–Crippen LogP) is 3.09. The maximum atomic E-state index is 11.9. The average Bonchev–Trinajstić information content (AvgIpc) is 2.39. The lowest BCUT2D eigenvalue weighted by Crippen LogP contribution is -2.25. The van der Waals surface area contributed by atoms with Crippen LogP contribution in [0.3, 0.4) is 0 Å². The monoisotopic (exact) mass is 281 g/mol. The number of amides is 1. The number of benzene rings is 1. The molecular weight excluding hydrogens is 258 g/mol. The Hall–Kier alpha value is -1.00. The van der Waals surface area contributed by atoms with Crippen LogP contribution in [0.15, 0.2) is 24.3 Å². The van der Waals surface area contributed by atoms with E-state index in [4.69, 9.17) is 4.74 Å². The van der Waals surface area contributed by atoms with Crippen LogP contribution in [0.5, 0.6) is 0 Å². The summed E-state index contributed by atoms with van der Waals surface area (Å²) in [5.41, 5.74) is 1.96. The van der Waals surface area contributed by atoms with Crippen LogP contribution >= 0.6 is 11.8 Å². The molecule has 4 heteroatoms. The Balaban J connectivity index is 2.29. The van der Waals surface area contributed by atoms with Gasteiger partial charge in [0.2, 0.25) is 0 Å². The fourth-order valence-electron chi connectivity index (χ4n) is 1.61. The van der Waals surface area contributed by atoms with Gasteiger partial charge in [0.1, 0.15) is 0 Å². The number of thioether (sulfide) groups is 1. The third-order valence-electron chi connectivity index (χ3n) is 2.58. The summed E-state index contributed by atoms with van der Waals surface area (Å²) >= 11 is 1.78. The van der Waals surface area contributed by atoms with Crippen LogP contribution in [0.4, 0.5) is 0 Å². The highest BCUT2D eigenvalue weighted by atomic mass is 32.2. The number of carbonyl (C=O) groups excluding carboxylic acids is 1. The normalized spacial score (nSPS) is 10.7. The van der Waals surface area contributed by atoms with Gasteiger partial charge in [-0.2, -0.15) is 11.8 Å². The van der Waals surface area contributed by atoms with E-state index in [0.29, 0.717) is 13.2 Å². The molecule has 0 saturated heterocycles. The molecule has 0 aliphatic rings. The molecule has 0 heterocycles. The Morgan fingerprint density at radius 3 is 2.58 bits per heavy atom. The summed E-state index contributed by atoms with van der Waals surface area (Å²) in [6, 6.07) is 7.78. The number of carbonyl (C=O) groups is 1. The Morgan fingerprint density at radius 2 is 2.00 bits per heavy atom. The minimum atomic E-state index is -0.0137. The maximum absolute atomic E-state index is 11.9. The highest BCUT2D eigenvalue weighted by Crippen LogP contribution is 2.10. The van der Waals surface area contributed by atoms with E-state index in [1.165, 1.54) is 5.56 Å². The Labute approximate surface area is 120 Å². The highest BCUT2D eigenvalue weighted by Gasteiger charge is 2.04. The van der Waals surface area contributed by atoms with Crippen molar-refractivity contribution < 1.29 is 9.53 Å². The van der Waals surface area contributed by atoms with Gasteiger partial charge in [-0.25, -0.2) is 0 Å². The molecule has 0 aromatic heterocycles. The number of hydrogen-bond acceptors (Lipinski definition) is 3. The van der Waals surface area contributed by atoms with Crippen LogP contribution in [-0.4, -0.2) is 31.4 Å². The standard InChI is InChI=1S/C15H23NO2S/c1-12(2)18-10-4-9-16-15(17)14-7-5-13(6-8-14)11-19-3/h5-8,12H,4,9-11H2,1-3H3,(H,16,17). The Bertz CT molecular complexity index is 376. The first-order valence-corrected chi connectivity index (χ1v) is 8.00. The van der Waals surface area contributed by atoms with Crippen LogP contribution in [0, 0.1) is 0 Å². The summed E-state index contributed by atoms with van der Waals surface area (Å²) in [6.45, 7) is 5.35. The summed E-state index contributed by atoms with van der Waals surface area (Å²) in [4.78, 5) is 11.9. The van der Waals surface area contributed by atoms with Crippen LogP contribution in [0.1, 0.15) is 36.2 Å². The molecule has 0 aliphatic carbocycles. The zero-order chi connectivity index (χ0) is 14.1. The molecule has 1 rings (SSSR count). The molecule has 1 amide bonds. The quantitative estimate of drug-likeness (QED) is 0.744. The molecule has 1 aromatic rings. The van der Waals surface area contributed by atoms with Crippen molar-refractivity contribution in [3.05, 3.63) is 35.4 Å². The van der Waals surface area contributed by atoms with Gasteiger partial charge in [0.15, 0.2) is 0 Å². The van der Waals surface area contributed by atoms with E-state index in [1.807, 2.05) is 38.1 Å². The highest BCUT2D eigenvalue weighted by molar-refractivity contribution is 7.97. The summed E-state index contributed by atoms with van der Waals surface area (Å²) in [5, 5.41) is 2.90.